The van der Waals surface area contributed by atoms with Crippen molar-refractivity contribution in [3.8, 4) is 0 Å². The number of amides is 1. The van der Waals surface area contributed by atoms with Gasteiger partial charge in [-0.05, 0) is 25.2 Å². The smallest absolute Gasteiger partial charge is 0.254 e. The Labute approximate surface area is 99.8 Å². The summed E-state index contributed by atoms with van der Waals surface area (Å²) in [5.41, 5.74) is 6.14. The van der Waals surface area contributed by atoms with Crippen molar-refractivity contribution in [1.82, 2.24) is 9.80 Å². The molecule has 1 heterocycles. The maximum absolute atomic E-state index is 13.2. The average Bonchev–Trinajstić information content (AvgIpc) is 2.28. The van der Waals surface area contributed by atoms with Crippen LogP contribution in [0.25, 0.3) is 0 Å². The van der Waals surface area contributed by atoms with Gasteiger partial charge in [0.1, 0.15) is 5.82 Å². The molecule has 0 bridgehead atoms. The third-order valence-corrected chi connectivity index (χ3v) is 2.96. The number of likely N-dealkylation sites (N-methyl/N-ethyl adjacent to an activating group) is 1. The minimum atomic E-state index is -0.470. The quantitative estimate of drug-likeness (QED) is 0.735. The van der Waals surface area contributed by atoms with Crippen LogP contribution in [-0.4, -0.2) is 48.9 Å². The van der Waals surface area contributed by atoms with E-state index in [1.807, 2.05) is 7.05 Å². The van der Waals surface area contributed by atoms with Gasteiger partial charge >= 0.3 is 0 Å². The molecule has 1 fully saturated rings. The Hall–Kier alpha value is -1.62. The molecule has 92 valence electrons. The van der Waals surface area contributed by atoms with Gasteiger partial charge in [0.2, 0.25) is 0 Å². The fourth-order valence-corrected chi connectivity index (χ4v) is 1.93. The van der Waals surface area contributed by atoms with Crippen molar-refractivity contribution in [2.75, 3.05) is 39.0 Å². The topological polar surface area (TPSA) is 49.6 Å². The predicted octanol–water partition coefficient (Wildman–Crippen LogP) is 0.796. The van der Waals surface area contributed by atoms with Gasteiger partial charge in [0.05, 0.1) is 0 Å². The zero-order chi connectivity index (χ0) is 12.4. The largest absolute Gasteiger partial charge is 0.399 e. The van der Waals surface area contributed by atoms with E-state index in [2.05, 4.69) is 4.90 Å². The first-order chi connectivity index (χ1) is 8.06. The Balaban J connectivity index is 2.14. The molecule has 0 aliphatic carbocycles. The highest BCUT2D eigenvalue weighted by atomic mass is 19.1. The van der Waals surface area contributed by atoms with Crippen LogP contribution in [0.5, 0.6) is 0 Å². The molecule has 0 aromatic heterocycles. The molecule has 17 heavy (non-hydrogen) atoms. The van der Waals surface area contributed by atoms with E-state index < -0.39 is 5.82 Å². The molecule has 1 saturated heterocycles. The van der Waals surface area contributed by atoms with Gasteiger partial charge in [0, 0.05) is 37.4 Å². The number of carbonyl (C=O) groups is 1. The van der Waals surface area contributed by atoms with Crippen LogP contribution in [-0.2, 0) is 0 Å². The Morgan fingerprint density at radius 2 is 1.88 bits per heavy atom. The standard InChI is InChI=1S/C12H16FN3O/c1-15-2-4-16(5-3-15)12(17)9-6-10(13)8-11(14)7-9/h6-8H,2-5,14H2,1H3. The van der Waals surface area contributed by atoms with Crippen molar-refractivity contribution in [1.29, 1.82) is 0 Å². The first-order valence-corrected chi connectivity index (χ1v) is 5.60. The number of rotatable bonds is 1. The van der Waals surface area contributed by atoms with E-state index in [4.69, 9.17) is 5.73 Å². The first-order valence-electron chi connectivity index (χ1n) is 5.60. The van der Waals surface area contributed by atoms with Crippen LogP contribution >= 0.6 is 0 Å². The summed E-state index contributed by atoms with van der Waals surface area (Å²) in [4.78, 5) is 16.0. The van der Waals surface area contributed by atoms with Crippen molar-refractivity contribution < 1.29 is 9.18 Å². The van der Waals surface area contributed by atoms with Gasteiger partial charge in [0.15, 0.2) is 0 Å². The van der Waals surface area contributed by atoms with Gasteiger partial charge in [-0.2, -0.15) is 0 Å². The number of anilines is 1. The van der Waals surface area contributed by atoms with Crippen LogP contribution in [0.15, 0.2) is 18.2 Å². The normalized spacial score (nSPS) is 17.2. The molecule has 1 aliphatic rings. The highest BCUT2D eigenvalue weighted by molar-refractivity contribution is 5.95. The highest BCUT2D eigenvalue weighted by Crippen LogP contribution is 2.14. The molecule has 1 aliphatic heterocycles. The van der Waals surface area contributed by atoms with E-state index in [0.717, 1.165) is 13.1 Å². The molecule has 1 aromatic rings. The van der Waals surface area contributed by atoms with Crippen molar-refractivity contribution in [3.63, 3.8) is 0 Å². The molecular weight excluding hydrogens is 221 g/mol. The summed E-state index contributed by atoms with van der Waals surface area (Å²) in [7, 11) is 2.02. The lowest BCUT2D eigenvalue weighted by Crippen LogP contribution is -2.47. The van der Waals surface area contributed by atoms with Gasteiger partial charge < -0.3 is 15.5 Å². The summed E-state index contributed by atoms with van der Waals surface area (Å²) < 4.78 is 13.2. The first kappa shape index (κ1) is 11.9. The summed E-state index contributed by atoms with van der Waals surface area (Å²) >= 11 is 0. The number of piperazine rings is 1. The maximum Gasteiger partial charge on any atom is 0.254 e. The Morgan fingerprint density at radius 3 is 2.47 bits per heavy atom. The molecular formula is C12H16FN3O. The van der Waals surface area contributed by atoms with Gasteiger partial charge in [-0.25, -0.2) is 4.39 Å². The van der Waals surface area contributed by atoms with E-state index in [0.29, 0.717) is 18.7 Å². The van der Waals surface area contributed by atoms with Crippen molar-refractivity contribution in [3.05, 3.63) is 29.6 Å². The average molecular weight is 237 g/mol. The molecule has 2 rings (SSSR count). The Bertz CT molecular complexity index is 408. The van der Waals surface area contributed by atoms with Gasteiger partial charge in [-0.15, -0.1) is 0 Å². The number of hydrogen-bond acceptors (Lipinski definition) is 3. The second kappa shape index (κ2) is 4.71. The summed E-state index contributed by atoms with van der Waals surface area (Å²) in [6.07, 6.45) is 0. The second-order valence-electron chi connectivity index (χ2n) is 4.37. The lowest BCUT2D eigenvalue weighted by Gasteiger charge is -2.32. The number of nitrogen functional groups attached to an aromatic ring is 1. The number of benzene rings is 1. The number of hydrogen-bond donors (Lipinski definition) is 1. The third kappa shape index (κ3) is 2.74. The van der Waals surface area contributed by atoms with Crippen LogP contribution in [0.1, 0.15) is 10.4 Å². The molecule has 4 nitrogen and oxygen atoms in total. The zero-order valence-electron chi connectivity index (χ0n) is 9.82. The summed E-state index contributed by atoms with van der Waals surface area (Å²) in [6.45, 7) is 3.03. The van der Waals surface area contributed by atoms with E-state index in [9.17, 15) is 9.18 Å². The molecule has 0 unspecified atom stereocenters. The lowest BCUT2D eigenvalue weighted by molar-refractivity contribution is 0.0663. The SMILES string of the molecule is CN1CCN(C(=O)c2cc(N)cc(F)c2)CC1. The van der Waals surface area contributed by atoms with E-state index >= 15 is 0 Å². The Kier molecular flexibility index (Phi) is 3.28. The summed E-state index contributed by atoms with van der Waals surface area (Å²) in [6, 6.07) is 3.96. The molecule has 0 atom stereocenters. The zero-order valence-corrected chi connectivity index (χ0v) is 9.82. The fourth-order valence-electron chi connectivity index (χ4n) is 1.93. The number of carbonyl (C=O) groups excluding carboxylic acids is 1. The van der Waals surface area contributed by atoms with E-state index in [-0.39, 0.29) is 11.6 Å². The van der Waals surface area contributed by atoms with Gasteiger partial charge in [-0.1, -0.05) is 0 Å². The molecule has 0 spiro atoms. The van der Waals surface area contributed by atoms with Crippen LogP contribution in [0.3, 0.4) is 0 Å². The van der Waals surface area contributed by atoms with Crippen LogP contribution in [0.4, 0.5) is 10.1 Å². The maximum atomic E-state index is 13.2. The van der Waals surface area contributed by atoms with Crippen molar-refractivity contribution in [2.45, 2.75) is 0 Å². The highest BCUT2D eigenvalue weighted by Gasteiger charge is 2.20. The molecule has 0 radical (unpaired) electrons. The molecule has 2 N–H and O–H groups in total. The van der Waals surface area contributed by atoms with Crippen molar-refractivity contribution in [2.24, 2.45) is 0 Å². The fraction of sp³-hybridized carbons (Fsp3) is 0.417. The molecule has 0 saturated carbocycles. The number of halogens is 1. The minimum absolute atomic E-state index is 0.149. The summed E-state index contributed by atoms with van der Waals surface area (Å²) in [5.74, 6) is -0.619. The second-order valence-corrected chi connectivity index (χ2v) is 4.37. The van der Waals surface area contributed by atoms with Gasteiger partial charge in [0.25, 0.3) is 5.91 Å². The van der Waals surface area contributed by atoms with Crippen LogP contribution < -0.4 is 5.73 Å². The monoisotopic (exact) mass is 237 g/mol. The number of nitrogens with zero attached hydrogens (tertiary/aromatic N) is 2. The third-order valence-electron chi connectivity index (χ3n) is 2.96. The van der Waals surface area contributed by atoms with Crippen LogP contribution in [0.2, 0.25) is 0 Å². The van der Waals surface area contributed by atoms with Gasteiger partial charge in [-0.3, -0.25) is 4.79 Å². The number of nitrogens with two attached hydrogens (primary N) is 1. The predicted molar refractivity (Wildman–Crippen MR) is 64.2 cm³/mol. The van der Waals surface area contributed by atoms with E-state index in [1.165, 1.54) is 18.2 Å². The Morgan fingerprint density at radius 1 is 1.24 bits per heavy atom. The van der Waals surface area contributed by atoms with Crippen LogP contribution in [0, 0.1) is 5.82 Å². The van der Waals surface area contributed by atoms with Crippen molar-refractivity contribution >= 4 is 11.6 Å². The molecule has 5 heteroatoms. The molecule has 1 aromatic carbocycles. The minimum Gasteiger partial charge on any atom is -0.399 e. The lowest BCUT2D eigenvalue weighted by atomic mass is 10.1. The summed E-state index contributed by atoms with van der Waals surface area (Å²) in [5, 5.41) is 0. The molecule has 1 amide bonds. The van der Waals surface area contributed by atoms with E-state index in [1.54, 1.807) is 4.90 Å².